The average molecular weight is 227 g/mol. The molecule has 0 atom stereocenters. The van der Waals surface area contributed by atoms with Crippen molar-refractivity contribution in [3.8, 4) is 0 Å². The molecule has 0 aliphatic carbocycles. The summed E-state index contributed by atoms with van der Waals surface area (Å²) in [6.07, 6.45) is 3.59. The number of anilines is 1. The Balaban J connectivity index is 2.70. The first-order valence-corrected chi connectivity index (χ1v) is 5.43. The minimum Gasteiger partial charge on any atom is -0.382 e. The lowest BCUT2D eigenvalue weighted by Gasteiger charge is -2.01. The lowest BCUT2D eigenvalue weighted by molar-refractivity contribution is 0.993. The second-order valence-corrected chi connectivity index (χ2v) is 3.81. The fraction of sp³-hybridized carbons (Fsp3) is 0.125. The molecule has 4 nitrogen and oxygen atoms in total. The molecule has 14 heavy (non-hydrogen) atoms. The molecule has 0 amide bonds. The van der Waals surface area contributed by atoms with Crippen LogP contribution in [0.3, 0.4) is 0 Å². The van der Waals surface area contributed by atoms with Crippen LogP contribution in [0, 0.1) is 0 Å². The molecule has 0 spiro atoms. The summed E-state index contributed by atoms with van der Waals surface area (Å²) in [6.45, 7) is 0. The van der Waals surface area contributed by atoms with Crippen molar-refractivity contribution in [1.82, 2.24) is 15.0 Å². The van der Waals surface area contributed by atoms with Gasteiger partial charge in [-0.2, -0.15) is 0 Å². The summed E-state index contributed by atoms with van der Waals surface area (Å²) >= 11 is 7.27. The predicted molar refractivity (Wildman–Crippen MR) is 58.5 cm³/mol. The monoisotopic (exact) mass is 226 g/mol. The maximum Gasteiger partial charge on any atom is 0.189 e. The van der Waals surface area contributed by atoms with Gasteiger partial charge in [0, 0.05) is 11.6 Å². The minimum absolute atomic E-state index is 0.296. The first-order valence-electron chi connectivity index (χ1n) is 3.83. The lowest BCUT2D eigenvalue weighted by atomic mass is 10.3. The van der Waals surface area contributed by atoms with Crippen LogP contribution in [-0.4, -0.2) is 21.2 Å². The van der Waals surface area contributed by atoms with E-state index in [0.29, 0.717) is 21.6 Å². The van der Waals surface area contributed by atoms with Gasteiger partial charge < -0.3 is 5.73 Å². The van der Waals surface area contributed by atoms with E-state index in [-0.39, 0.29) is 0 Å². The molecule has 0 aliphatic rings. The van der Waals surface area contributed by atoms with Crippen molar-refractivity contribution in [3.63, 3.8) is 0 Å². The molecule has 6 heteroatoms. The van der Waals surface area contributed by atoms with Gasteiger partial charge in [-0.3, -0.25) is 0 Å². The number of nitrogens with two attached hydrogens (primary N) is 1. The van der Waals surface area contributed by atoms with E-state index in [2.05, 4.69) is 15.0 Å². The van der Waals surface area contributed by atoms with Gasteiger partial charge in [0.05, 0.1) is 5.02 Å². The highest BCUT2D eigenvalue weighted by Gasteiger charge is 2.04. The van der Waals surface area contributed by atoms with E-state index >= 15 is 0 Å². The summed E-state index contributed by atoms with van der Waals surface area (Å²) in [4.78, 5) is 12.4. The first-order chi connectivity index (χ1) is 6.70. The van der Waals surface area contributed by atoms with Crippen LogP contribution in [0.4, 0.5) is 5.82 Å². The van der Waals surface area contributed by atoms with Gasteiger partial charge >= 0.3 is 0 Å². The third-order valence-electron chi connectivity index (χ3n) is 1.71. The van der Waals surface area contributed by atoms with Gasteiger partial charge in [0.1, 0.15) is 5.82 Å². The van der Waals surface area contributed by atoms with Crippen molar-refractivity contribution in [3.05, 3.63) is 17.3 Å². The smallest absolute Gasteiger partial charge is 0.189 e. The van der Waals surface area contributed by atoms with Crippen molar-refractivity contribution in [2.45, 2.75) is 5.16 Å². The Morgan fingerprint density at radius 2 is 2.21 bits per heavy atom. The molecule has 0 radical (unpaired) electrons. The fourth-order valence-corrected chi connectivity index (χ4v) is 1.53. The second-order valence-electron chi connectivity index (χ2n) is 2.62. The fourth-order valence-electron chi connectivity index (χ4n) is 1.03. The average Bonchev–Trinajstić information content (AvgIpc) is 2.19. The minimum atomic E-state index is 0.296. The molecule has 0 unspecified atom stereocenters. The van der Waals surface area contributed by atoms with Crippen molar-refractivity contribution in [2.24, 2.45) is 0 Å². The third kappa shape index (κ3) is 1.60. The maximum atomic E-state index is 5.81. The van der Waals surface area contributed by atoms with Gasteiger partial charge in [-0.15, -0.1) is 0 Å². The number of hydrogen-bond donors (Lipinski definition) is 1. The number of nitrogens with zero attached hydrogens (tertiary/aromatic N) is 3. The topological polar surface area (TPSA) is 64.7 Å². The number of halogens is 1. The molecule has 2 rings (SSSR count). The maximum absolute atomic E-state index is 5.81. The summed E-state index contributed by atoms with van der Waals surface area (Å²) in [5.41, 5.74) is 6.14. The number of pyridine rings is 1. The van der Waals surface area contributed by atoms with Crippen molar-refractivity contribution >= 4 is 40.2 Å². The third-order valence-corrected chi connectivity index (χ3v) is 2.57. The Morgan fingerprint density at radius 3 is 2.93 bits per heavy atom. The Morgan fingerprint density at radius 1 is 1.43 bits per heavy atom. The zero-order valence-corrected chi connectivity index (χ0v) is 8.93. The molecular weight excluding hydrogens is 220 g/mol. The molecule has 0 aromatic carbocycles. The highest BCUT2D eigenvalue weighted by atomic mass is 35.5. The molecule has 0 bridgehead atoms. The highest BCUT2D eigenvalue weighted by molar-refractivity contribution is 7.98. The lowest BCUT2D eigenvalue weighted by Crippen LogP contribution is -1.95. The molecule has 2 aromatic heterocycles. The van der Waals surface area contributed by atoms with E-state index in [1.165, 1.54) is 11.8 Å². The Labute approximate surface area is 89.9 Å². The Kier molecular flexibility index (Phi) is 2.43. The summed E-state index contributed by atoms with van der Waals surface area (Å²) < 4.78 is 0. The van der Waals surface area contributed by atoms with E-state index in [1.807, 2.05) is 6.26 Å². The molecule has 0 fully saturated rings. The van der Waals surface area contributed by atoms with E-state index < -0.39 is 0 Å². The van der Waals surface area contributed by atoms with Crippen LogP contribution in [0.15, 0.2) is 17.4 Å². The molecule has 2 N–H and O–H groups in total. The zero-order chi connectivity index (χ0) is 10.1. The first kappa shape index (κ1) is 9.48. The van der Waals surface area contributed by atoms with Gasteiger partial charge in [-0.25, -0.2) is 15.0 Å². The Bertz CT molecular complexity index is 488. The molecular formula is C8H7ClN4S. The molecule has 2 heterocycles. The van der Waals surface area contributed by atoms with Gasteiger partial charge in [0.15, 0.2) is 10.8 Å². The number of aromatic nitrogens is 3. The number of rotatable bonds is 1. The molecule has 0 aliphatic heterocycles. The largest absolute Gasteiger partial charge is 0.382 e. The summed E-state index contributed by atoms with van der Waals surface area (Å²) in [5, 5.41) is 1.90. The van der Waals surface area contributed by atoms with E-state index in [9.17, 15) is 0 Å². The Hall–Kier alpha value is -1.07. The van der Waals surface area contributed by atoms with Crippen molar-refractivity contribution in [2.75, 3.05) is 12.0 Å². The normalized spacial score (nSPS) is 10.7. The highest BCUT2D eigenvalue weighted by Crippen LogP contribution is 2.21. The standard InChI is InChI=1S/C8H7ClN4S/c1-14-8-11-3-4-2-5(9)6(10)12-7(4)13-8/h2-3H,1H3,(H2,10,11,12,13). The van der Waals surface area contributed by atoms with Crippen LogP contribution in [-0.2, 0) is 0 Å². The quantitative estimate of drug-likeness (QED) is 0.595. The number of fused-ring (bicyclic) bond motifs is 1. The van der Waals surface area contributed by atoms with Gasteiger partial charge in [0.25, 0.3) is 0 Å². The summed E-state index contributed by atoms with van der Waals surface area (Å²) in [6, 6.07) is 1.71. The summed E-state index contributed by atoms with van der Waals surface area (Å²) in [5.74, 6) is 0.296. The second kappa shape index (κ2) is 3.59. The SMILES string of the molecule is CSc1ncc2cc(Cl)c(N)nc2n1. The molecule has 72 valence electrons. The molecule has 2 aromatic rings. The van der Waals surface area contributed by atoms with Gasteiger partial charge in [0.2, 0.25) is 0 Å². The summed E-state index contributed by atoms with van der Waals surface area (Å²) in [7, 11) is 0. The van der Waals surface area contributed by atoms with E-state index in [4.69, 9.17) is 17.3 Å². The van der Waals surface area contributed by atoms with Crippen LogP contribution < -0.4 is 5.73 Å². The zero-order valence-electron chi connectivity index (χ0n) is 7.36. The van der Waals surface area contributed by atoms with Crippen LogP contribution >= 0.6 is 23.4 Å². The van der Waals surface area contributed by atoms with Gasteiger partial charge in [-0.1, -0.05) is 23.4 Å². The molecule has 0 saturated heterocycles. The predicted octanol–water partition coefficient (Wildman–Crippen LogP) is 1.98. The van der Waals surface area contributed by atoms with E-state index in [0.717, 1.165) is 5.39 Å². The number of thioether (sulfide) groups is 1. The van der Waals surface area contributed by atoms with Crippen molar-refractivity contribution in [1.29, 1.82) is 0 Å². The van der Waals surface area contributed by atoms with Gasteiger partial charge in [-0.05, 0) is 12.3 Å². The number of hydrogen-bond acceptors (Lipinski definition) is 5. The molecule has 0 saturated carbocycles. The van der Waals surface area contributed by atoms with Crippen LogP contribution in [0.25, 0.3) is 11.0 Å². The van der Waals surface area contributed by atoms with Crippen LogP contribution in [0.5, 0.6) is 0 Å². The van der Waals surface area contributed by atoms with Crippen molar-refractivity contribution < 1.29 is 0 Å². The van der Waals surface area contributed by atoms with E-state index in [1.54, 1.807) is 12.3 Å². The van der Waals surface area contributed by atoms with Crippen LogP contribution in [0.1, 0.15) is 0 Å². The number of nitrogen functional groups attached to an aromatic ring is 1. The van der Waals surface area contributed by atoms with Crippen LogP contribution in [0.2, 0.25) is 5.02 Å².